The Morgan fingerprint density at radius 1 is 1.32 bits per heavy atom. The van der Waals surface area contributed by atoms with Crippen molar-refractivity contribution in [1.29, 1.82) is 0 Å². The van der Waals surface area contributed by atoms with E-state index in [1.807, 2.05) is 0 Å². The Morgan fingerprint density at radius 2 is 2.04 bits per heavy atom. The second kappa shape index (κ2) is 6.49. The fourth-order valence-corrected chi connectivity index (χ4v) is 3.94. The lowest BCUT2D eigenvalue weighted by atomic mass is 9.98. The van der Waals surface area contributed by atoms with E-state index in [0.717, 1.165) is 6.26 Å². The van der Waals surface area contributed by atoms with Crippen LogP contribution in [-0.2, 0) is 14.8 Å². The number of amides is 2. The van der Waals surface area contributed by atoms with Gasteiger partial charge in [0.15, 0.2) is 0 Å². The largest absolute Gasteiger partial charge is 0.449 e. The van der Waals surface area contributed by atoms with Crippen molar-refractivity contribution in [3.8, 4) is 0 Å². The number of rotatable bonds is 4. The lowest BCUT2D eigenvalue weighted by Crippen LogP contribution is -2.43. The molecule has 2 heterocycles. The number of carbonyl (C=O) groups excluding carboxylic acids is 2. The lowest BCUT2D eigenvalue weighted by Gasteiger charge is -2.30. The van der Waals surface area contributed by atoms with Crippen LogP contribution in [0.3, 0.4) is 0 Å². The Hall–Kier alpha value is -2.39. The van der Waals surface area contributed by atoms with Crippen LogP contribution in [0.2, 0.25) is 0 Å². The highest BCUT2D eigenvalue weighted by atomic mass is 32.2. The zero-order valence-electron chi connectivity index (χ0n) is 13.7. The highest BCUT2D eigenvalue weighted by Gasteiger charge is 2.31. The van der Waals surface area contributed by atoms with Gasteiger partial charge in [0.25, 0.3) is 5.91 Å². The van der Waals surface area contributed by atoms with Crippen molar-refractivity contribution >= 4 is 38.5 Å². The molecule has 1 aliphatic rings. The first kappa shape index (κ1) is 17.4. The average molecular weight is 365 g/mol. The third-order valence-corrected chi connectivity index (χ3v) is 5.56. The summed E-state index contributed by atoms with van der Waals surface area (Å²) in [5.74, 6) is -1.77. The first-order chi connectivity index (χ1) is 11.8. The Morgan fingerprint density at radius 3 is 2.72 bits per heavy atom. The molecule has 0 bridgehead atoms. The van der Waals surface area contributed by atoms with Crippen molar-refractivity contribution in [2.24, 2.45) is 11.7 Å². The number of furan rings is 1. The average Bonchev–Trinajstić information content (AvgIpc) is 2.93. The molecule has 2 aromatic rings. The first-order valence-corrected chi connectivity index (χ1v) is 9.69. The summed E-state index contributed by atoms with van der Waals surface area (Å²) in [7, 11) is -3.35. The molecule has 1 aromatic heterocycles. The first-order valence-electron chi connectivity index (χ1n) is 7.84. The molecule has 2 amide bonds. The van der Waals surface area contributed by atoms with Gasteiger partial charge in [0.1, 0.15) is 11.3 Å². The summed E-state index contributed by atoms with van der Waals surface area (Å²) in [6.45, 7) is 0.524. The molecular weight excluding hydrogens is 346 g/mol. The number of primary amides is 1. The fraction of sp³-hybridized carbons (Fsp3) is 0.375. The van der Waals surface area contributed by atoms with E-state index in [4.69, 9.17) is 10.2 Å². The van der Waals surface area contributed by atoms with Crippen LogP contribution in [0, 0.1) is 5.92 Å². The summed E-state index contributed by atoms with van der Waals surface area (Å²) in [5.41, 5.74) is 6.00. The SMILES string of the molecule is CS(=O)(=O)N1CCCC(C(=O)Nc2c(C(N)=O)oc3ccccc23)C1. The smallest absolute Gasteiger partial charge is 0.286 e. The van der Waals surface area contributed by atoms with E-state index in [1.165, 1.54) is 4.31 Å². The van der Waals surface area contributed by atoms with E-state index in [0.29, 0.717) is 30.4 Å². The van der Waals surface area contributed by atoms with Crippen molar-refractivity contribution in [2.45, 2.75) is 12.8 Å². The summed E-state index contributed by atoms with van der Waals surface area (Å²) in [5, 5.41) is 3.27. The summed E-state index contributed by atoms with van der Waals surface area (Å²) in [6.07, 6.45) is 2.29. The highest BCUT2D eigenvalue weighted by Crippen LogP contribution is 2.31. The standard InChI is InChI=1S/C16H19N3O5S/c1-25(22,23)19-8-4-5-10(9-19)16(21)18-13-11-6-2-3-7-12(11)24-14(13)15(17)20/h2-3,6-7,10H,4-5,8-9H2,1H3,(H2,17,20)(H,18,21). The lowest BCUT2D eigenvalue weighted by molar-refractivity contribution is -0.120. The Kier molecular flexibility index (Phi) is 4.53. The molecule has 3 rings (SSSR count). The molecule has 0 spiro atoms. The van der Waals surface area contributed by atoms with Crippen LogP contribution in [0.4, 0.5) is 5.69 Å². The van der Waals surface area contributed by atoms with Crippen LogP contribution in [0.5, 0.6) is 0 Å². The van der Waals surface area contributed by atoms with Crippen molar-refractivity contribution < 1.29 is 22.4 Å². The number of nitrogens with zero attached hydrogens (tertiary/aromatic N) is 1. The maximum absolute atomic E-state index is 12.6. The topological polar surface area (TPSA) is 123 Å². The molecule has 134 valence electrons. The van der Waals surface area contributed by atoms with Gasteiger partial charge < -0.3 is 15.5 Å². The van der Waals surface area contributed by atoms with E-state index < -0.39 is 21.8 Å². The molecule has 1 atom stereocenters. The number of para-hydroxylation sites is 1. The van der Waals surface area contributed by atoms with Gasteiger partial charge in [-0.15, -0.1) is 0 Å². The van der Waals surface area contributed by atoms with E-state index in [9.17, 15) is 18.0 Å². The van der Waals surface area contributed by atoms with E-state index in [-0.39, 0.29) is 23.9 Å². The molecule has 25 heavy (non-hydrogen) atoms. The van der Waals surface area contributed by atoms with Crippen molar-refractivity contribution in [1.82, 2.24) is 4.31 Å². The van der Waals surface area contributed by atoms with Crippen molar-refractivity contribution in [2.75, 3.05) is 24.7 Å². The fourth-order valence-electron chi connectivity index (χ4n) is 3.03. The van der Waals surface area contributed by atoms with Gasteiger partial charge in [-0.2, -0.15) is 0 Å². The Bertz CT molecular complexity index is 934. The Balaban J connectivity index is 1.87. The van der Waals surface area contributed by atoms with Gasteiger partial charge in [0.05, 0.1) is 12.2 Å². The molecule has 9 heteroatoms. The molecule has 1 unspecified atom stereocenters. The van der Waals surface area contributed by atoms with Crippen LogP contribution in [0.25, 0.3) is 11.0 Å². The van der Waals surface area contributed by atoms with Crippen molar-refractivity contribution in [3.05, 3.63) is 30.0 Å². The predicted octanol–water partition coefficient (Wildman–Crippen LogP) is 1.14. The van der Waals surface area contributed by atoms with E-state index in [2.05, 4.69) is 5.32 Å². The molecule has 0 saturated carbocycles. The number of hydrogen-bond donors (Lipinski definition) is 2. The van der Waals surface area contributed by atoms with Crippen LogP contribution in [0.1, 0.15) is 23.4 Å². The van der Waals surface area contributed by atoms with Gasteiger partial charge in [-0.05, 0) is 25.0 Å². The van der Waals surface area contributed by atoms with Gasteiger partial charge in [0.2, 0.25) is 21.7 Å². The second-order valence-electron chi connectivity index (χ2n) is 6.12. The van der Waals surface area contributed by atoms with Crippen LogP contribution < -0.4 is 11.1 Å². The number of carbonyl (C=O) groups is 2. The van der Waals surface area contributed by atoms with E-state index in [1.54, 1.807) is 24.3 Å². The maximum Gasteiger partial charge on any atom is 0.286 e. The molecule has 8 nitrogen and oxygen atoms in total. The number of fused-ring (bicyclic) bond motifs is 1. The summed E-state index contributed by atoms with van der Waals surface area (Å²) in [4.78, 5) is 24.3. The summed E-state index contributed by atoms with van der Waals surface area (Å²) >= 11 is 0. The molecule has 0 aliphatic carbocycles. The third-order valence-electron chi connectivity index (χ3n) is 4.29. The molecule has 1 saturated heterocycles. The zero-order valence-corrected chi connectivity index (χ0v) is 14.5. The number of nitrogens with two attached hydrogens (primary N) is 1. The van der Waals surface area contributed by atoms with E-state index >= 15 is 0 Å². The van der Waals surface area contributed by atoms with Crippen LogP contribution in [-0.4, -0.2) is 43.9 Å². The number of benzene rings is 1. The molecule has 1 aliphatic heterocycles. The summed E-state index contributed by atoms with van der Waals surface area (Å²) in [6, 6.07) is 6.88. The monoisotopic (exact) mass is 365 g/mol. The molecular formula is C16H19N3O5S. The normalized spacial score (nSPS) is 19.0. The maximum atomic E-state index is 12.6. The predicted molar refractivity (Wildman–Crippen MR) is 92.5 cm³/mol. The van der Waals surface area contributed by atoms with Crippen LogP contribution in [0.15, 0.2) is 28.7 Å². The van der Waals surface area contributed by atoms with Gasteiger partial charge in [0, 0.05) is 18.5 Å². The minimum atomic E-state index is -3.35. The second-order valence-corrected chi connectivity index (χ2v) is 8.10. The van der Waals surface area contributed by atoms with Gasteiger partial charge >= 0.3 is 0 Å². The van der Waals surface area contributed by atoms with Gasteiger partial charge in [-0.1, -0.05) is 12.1 Å². The van der Waals surface area contributed by atoms with Gasteiger partial charge in [-0.25, -0.2) is 12.7 Å². The zero-order chi connectivity index (χ0) is 18.2. The molecule has 3 N–H and O–H groups in total. The number of nitrogens with one attached hydrogen (secondary N) is 1. The minimum absolute atomic E-state index is 0.117. The Labute approximate surface area is 145 Å². The number of hydrogen-bond acceptors (Lipinski definition) is 5. The minimum Gasteiger partial charge on any atom is -0.449 e. The van der Waals surface area contributed by atoms with Gasteiger partial charge in [-0.3, -0.25) is 9.59 Å². The van der Waals surface area contributed by atoms with Crippen molar-refractivity contribution in [3.63, 3.8) is 0 Å². The number of piperidine rings is 1. The molecule has 1 fully saturated rings. The number of sulfonamides is 1. The third kappa shape index (κ3) is 3.52. The highest BCUT2D eigenvalue weighted by molar-refractivity contribution is 7.88. The van der Waals surface area contributed by atoms with Crippen LogP contribution >= 0.6 is 0 Å². The quantitative estimate of drug-likeness (QED) is 0.841. The number of anilines is 1. The molecule has 0 radical (unpaired) electrons. The molecule has 1 aromatic carbocycles. The summed E-state index contributed by atoms with van der Waals surface area (Å²) < 4.78 is 30.1.